The van der Waals surface area contributed by atoms with Crippen LogP contribution in [0.4, 0.5) is 5.69 Å². The van der Waals surface area contributed by atoms with Gasteiger partial charge >= 0.3 is 0 Å². The lowest BCUT2D eigenvalue weighted by molar-refractivity contribution is 0.0742. The Morgan fingerprint density at radius 2 is 1.57 bits per heavy atom. The third-order valence-corrected chi connectivity index (χ3v) is 3.67. The van der Waals surface area contributed by atoms with Crippen LogP contribution in [0.1, 0.15) is 50.9 Å². The number of rotatable bonds is 8. The van der Waals surface area contributed by atoms with Crippen molar-refractivity contribution in [3.63, 3.8) is 0 Å². The van der Waals surface area contributed by atoms with Crippen molar-refractivity contribution < 1.29 is 4.79 Å². The van der Waals surface area contributed by atoms with E-state index in [1.807, 2.05) is 36.2 Å². The highest BCUT2D eigenvalue weighted by molar-refractivity contribution is 5.99. The van der Waals surface area contributed by atoms with Gasteiger partial charge in [-0.3, -0.25) is 4.79 Å². The standard InChI is InChI=1S/C18H30N2O/c1-14(2)10-12-20(13-11-15(3)4)18(21)16-8-6-7-9-17(16)19-5/h6-9,14-15,19H,10-13H2,1-5H3. The molecule has 0 unspecified atom stereocenters. The SMILES string of the molecule is CNc1ccccc1C(=O)N(CCC(C)C)CCC(C)C. The average molecular weight is 290 g/mol. The maximum absolute atomic E-state index is 12.8. The van der Waals surface area contributed by atoms with Gasteiger partial charge in [0.1, 0.15) is 0 Å². The maximum atomic E-state index is 12.8. The van der Waals surface area contributed by atoms with Crippen molar-refractivity contribution in [1.29, 1.82) is 0 Å². The van der Waals surface area contributed by atoms with Crippen LogP contribution in [0.2, 0.25) is 0 Å². The number of hydrogen-bond acceptors (Lipinski definition) is 2. The Hall–Kier alpha value is -1.51. The van der Waals surface area contributed by atoms with Crippen LogP contribution in [-0.4, -0.2) is 30.9 Å². The normalized spacial score (nSPS) is 11.0. The lowest BCUT2D eigenvalue weighted by Gasteiger charge is -2.25. The molecule has 0 spiro atoms. The van der Waals surface area contributed by atoms with E-state index in [1.165, 1.54) is 0 Å². The number of carbonyl (C=O) groups excluding carboxylic acids is 1. The van der Waals surface area contributed by atoms with Gasteiger partial charge in [0.2, 0.25) is 0 Å². The van der Waals surface area contributed by atoms with Crippen LogP contribution in [0.3, 0.4) is 0 Å². The zero-order chi connectivity index (χ0) is 15.8. The minimum absolute atomic E-state index is 0.140. The van der Waals surface area contributed by atoms with Crippen LogP contribution >= 0.6 is 0 Å². The predicted octanol–water partition coefficient (Wildman–Crippen LogP) is 4.26. The quantitative estimate of drug-likeness (QED) is 0.775. The first-order chi connectivity index (χ1) is 9.95. The zero-order valence-electron chi connectivity index (χ0n) is 14.1. The predicted molar refractivity (Wildman–Crippen MR) is 90.8 cm³/mol. The van der Waals surface area contributed by atoms with Gasteiger partial charge in [-0.15, -0.1) is 0 Å². The molecular formula is C18H30N2O. The van der Waals surface area contributed by atoms with E-state index < -0.39 is 0 Å². The molecule has 0 aliphatic heterocycles. The van der Waals surface area contributed by atoms with Crippen LogP contribution in [-0.2, 0) is 0 Å². The number of hydrogen-bond donors (Lipinski definition) is 1. The summed E-state index contributed by atoms with van der Waals surface area (Å²) in [5.74, 6) is 1.36. The topological polar surface area (TPSA) is 32.3 Å². The molecule has 0 aromatic heterocycles. The third kappa shape index (κ3) is 5.78. The monoisotopic (exact) mass is 290 g/mol. The van der Waals surface area contributed by atoms with Crippen molar-refractivity contribution in [2.75, 3.05) is 25.5 Å². The van der Waals surface area contributed by atoms with Gasteiger partial charge in [-0.2, -0.15) is 0 Å². The Kier molecular flexibility index (Phi) is 7.27. The van der Waals surface area contributed by atoms with Gasteiger partial charge in [0.05, 0.1) is 5.56 Å². The molecule has 21 heavy (non-hydrogen) atoms. The second kappa shape index (κ2) is 8.71. The Balaban J connectivity index is 2.86. The van der Waals surface area contributed by atoms with Crippen LogP contribution in [0, 0.1) is 11.8 Å². The summed E-state index contributed by atoms with van der Waals surface area (Å²) in [6.45, 7) is 10.5. The largest absolute Gasteiger partial charge is 0.387 e. The molecule has 3 heteroatoms. The molecule has 118 valence electrons. The van der Waals surface area contributed by atoms with E-state index in [9.17, 15) is 4.79 Å². The van der Waals surface area contributed by atoms with E-state index in [1.54, 1.807) is 0 Å². The first-order valence-corrected chi connectivity index (χ1v) is 8.01. The van der Waals surface area contributed by atoms with Crippen LogP contribution in [0.5, 0.6) is 0 Å². The van der Waals surface area contributed by atoms with Crippen LogP contribution in [0.25, 0.3) is 0 Å². The molecule has 0 aliphatic carbocycles. The molecule has 1 rings (SSSR count). The van der Waals surface area contributed by atoms with Crippen molar-refractivity contribution in [3.8, 4) is 0 Å². The molecule has 0 atom stereocenters. The van der Waals surface area contributed by atoms with Gasteiger partial charge in [-0.25, -0.2) is 0 Å². The lowest BCUT2D eigenvalue weighted by atomic mass is 10.1. The fraction of sp³-hybridized carbons (Fsp3) is 0.611. The second-order valence-electron chi connectivity index (χ2n) is 6.45. The van der Waals surface area contributed by atoms with Crippen LogP contribution in [0.15, 0.2) is 24.3 Å². The molecule has 0 aliphatic rings. The van der Waals surface area contributed by atoms with Crippen molar-refractivity contribution in [1.82, 2.24) is 4.90 Å². The first kappa shape index (κ1) is 17.5. The molecule has 1 amide bonds. The van der Waals surface area contributed by atoms with Gasteiger partial charge in [0, 0.05) is 25.8 Å². The number of carbonyl (C=O) groups is 1. The Bertz CT molecular complexity index is 429. The Morgan fingerprint density at radius 3 is 2.05 bits per heavy atom. The number of amides is 1. The molecule has 0 saturated heterocycles. The summed E-state index contributed by atoms with van der Waals surface area (Å²) in [6, 6.07) is 7.74. The molecule has 1 aromatic carbocycles. The molecule has 0 fully saturated rings. The fourth-order valence-electron chi connectivity index (χ4n) is 2.20. The third-order valence-electron chi connectivity index (χ3n) is 3.67. The lowest BCUT2D eigenvalue weighted by Crippen LogP contribution is -2.34. The molecule has 0 radical (unpaired) electrons. The number of anilines is 1. The number of nitrogens with one attached hydrogen (secondary N) is 1. The second-order valence-corrected chi connectivity index (χ2v) is 6.45. The number of para-hydroxylation sites is 1. The summed E-state index contributed by atoms with van der Waals surface area (Å²) in [6.07, 6.45) is 2.09. The molecule has 3 nitrogen and oxygen atoms in total. The zero-order valence-corrected chi connectivity index (χ0v) is 14.1. The molecule has 0 bridgehead atoms. The smallest absolute Gasteiger partial charge is 0.255 e. The fourth-order valence-corrected chi connectivity index (χ4v) is 2.20. The van der Waals surface area contributed by atoms with E-state index in [2.05, 4.69) is 33.0 Å². The summed E-state index contributed by atoms with van der Waals surface area (Å²) in [7, 11) is 1.86. The van der Waals surface area contributed by atoms with Crippen molar-refractivity contribution in [2.24, 2.45) is 11.8 Å². The van der Waals surface area contributed by atoms with Crippen molar-refractivity contribution in [3.05, 3.63) is 29.8 Å². The number of nitrogens with zero attached hydrogens (tertiary/aromatic N) is 1. The summed E-state index contributed by atoms with van der Waals surface area (Å²) in [5, 5.41) is 3.11. The number of benzene rings is 1. The summed E-state index contributed by atoms with van der Waals surface area (Å²) in [4.78, 5) is 14.8. The first-order valence-electron chi connectivity index (χ1n) is 8.01. The molecule has 0 saturated carbocycles. The molecule has 1 aromatic rings. The summed E-state index contributed by atoms with van der Waals surface area (Å²) >= 11 is 0. The van der Waals surface area contributed by atoms with Gasteiger partial charge in [0.15, 0.2) is 0 Å². The van der Waals surface area contributed by atoms with E-state index in [4.69, 9.17) is 0 Å². The molecular weight excluding hydrogens is 260 g/mol. The highest BCUT2D eigenvalue weighted by Crippen LogP contribution is 2.18. The van der Waals surface area contributed by atoms with Crippen molar-refractivity contribution in [2.45, 2.75) is 40.5 Å². The minimum atomic E-state index is 0.140. The van der Waals surface area contributed by atoms with E-state index >= 15 is 0 Å². The summed E-state index contributed by atoms with van der Waals surface area (Å²) < 4.78 is 0. The Labute approximate surface area is 129 Å². The van der Waals surface area contributed by atoms with Gasteiger partial charge in [-0.05, 0) is 36.8 Å². The van der Waals surface area contributed by atoms with Gasteiger partial charge in [-0.1, -0.05) is 39.8 Å². The molecule has 1 N–H and O–H groups in total. The van der Waals surface area contributed by atoms with E-state index in [-0.39, 0.29) is 5.91 Å². The van der Waals surface area contributed by atoms with E-state index in [0.717, 1.165) is 37.2 Å². The Morgan fingerprint density at radius 1 is 1.05 bits per heavy atom. The van der Waals surface area contributed by atoms with Crippen LogP contribution < -0.4 is 5.32 Å². The van der Waals surface area contributed by atoms with Crippen molar-refractivity contribution >= 4 is 11.6 Å². The highest BCUT2D eigenvalue weighted by atomic mass is 16.2. The van der Waals surface area contributed by atoms with E-state index in [0.29, 0.717) is 11.8 Å². The summed E-state index contributed by atoms with van der Waals surface area (Å²) in [5.41, 5.74) is 1.68. The molecule has 0 heterocycles. The average Bonchev–Trinajstić information content (AvgIpc) is 2.46. The van der Waals surface area contributed by atoms with Gasteiger partial charge in [0.25, 0.3) is 5.91 Å². The highest BCUT2D eigenvalue weighted by Gasteiger charge is 2.18. The maximum Gasteiger partial charge on any atom is 0.255 e. The minimum Gasteiger partial charge on any atom is -0.387 e. The van der Waals surface area contributed by atoms with Gasteiger partial charge < -0.3 is 10.2 Å².